The van der Waals surface area contributed by atoms with Crippen LogP contribution in [0.15, 0.2) is 59.1 Å². The largest absolute Gasteiger partial charge is 0.153 e. The zero-order valence-electron chi connectivity index (χ0n) is 13.8. The standard InChI is InChI=1S/C18H15BrN6/c1-12-17(22-24(20-12)15-8-4-3-5-9-15)18-13(2)21-25(23-18)16-10-6-7-14(19)11-16/h3-11H,1-2H3. The third kappa shape index (κ3) is 2.98. The smallest absolute Gasteiger partial charge is 0.138 e. The molecule has 124 valence electrons. The van der Waals surface area contributed by atoms with Crippen LogP contribution in [0, 0.1) is 13.8 Å². The lowest BCUT2D eigenvalue weighted by atomic mass is 10.2. The number of nitrogens with zero attached hydrogens (tertiary/aromatic N) is 6. The highest BCUT2D eigenvalue weighted by Crippen LogP contribution is 2.23. The van der Waals surface area contributed by atoms with Gasteiger partial charge >= 0.3 is 0 Å². The van der Waals surface area contributed by atoms with Gasteiger partial charge in [0.1, 0.15) is 11.4 Å². The fourth-order valence-corrected chi connectivity index (χ4v) is 2.98. The molecule has 0 bridgehead atoms. The second kappa shape index (κ2) is 6.25. The van der Waals surface area contributed by atoms with Crippen molar-refractivity contribution in [1.29, 1.82) is 0 Å². The average molecular weight is 395 g/mol. The van der Waals surface area contributed by atoms with E-state index < -0.39 is 0 Å². The lowest BCUT2D eigenvalue weighted by molar-refractivity contribution is 0.740. The van der Waals surface area contributed by atoms with Crippen LogP contribution in [0.4, 0.5) is 0 Å². The van der Waals surface area contributed by atoms with E-state index in [1.54, 1.807) is 9.59 Å². The highest BCUT2D eigenvalue weighted by Gasteiger charge is 2.18. The maximum atomic E-state index is 4.63. The van der Waals surface area contributed by atoms with Gasteiger partial charge < -0.3 is 0 Å². The van der Waals surface area contributed by atoms with Gasteiger partial charge in [-0.2, -0.15) is 19.8 Å². The Kier molecular flexibility index (Phi) is 3.93. The second-order valence-corrected chi connectivity index (χ2v) is 6.58. The van der Waals surface area contributed by atoms with Crippen molar-refractivity contribution in [1.82, 2.24) is 30.0 Å². The summed E-state index contributed by atoms with van der Waals surface area (Å²) in [6.45, 7) is 3.86. The summed E-state index contributed by atoms with van der Waals surface area (Å²) in [5, 5.41) is 18.3. The normalized spacial score (nSPS) is 11.0. The molecule has 2 aromatic carbocycles. The number of para-hydroxylation sites is 1. The molecular weight excluding hydrogens is 380 g/mol. The molecule has 0 saturated heterocycles. The molecule has 7 heteroatoms. The van der Waals surface area contributed by atoms with Crippen LogP contribution in [0.1, 0.15) is 11.4 Å². The van der Waals surface area contributed by atoms with Gasteiger partial charge in [-0.3, -0.25) is 0 Å². The number of halogens is 1. The van der Waals surface area contributed by atoms with E-state index >= 15 is 0 Å². The maximum absolute atomic E-state index is 4.63. The molecule has 25 heavy (non-hydrogen) atoms. The van der Waals surface area contributed by atoms with Crippen molar-refractivity contribution in [2.24, 2.45) is 0 Å². The van der Waals surface area contributed by atoms with Crippen molar-refractivity contribution in [3.05, 3.63) is 70.5 Å². The lowest BCUT2D eigenvalue weighted by Crippen LogP contribution is -1.99. The summed E-state index contributed by atoms with van der Waals surface area (Å²) < 4.78 is 0.979. The third-order valence-electron chi connectivity index (χ3n) is 3.81. The van der Waals surface area contributed by atoms with E-state index in [0.29, 0.717) is 0 Å². The van der Waals surface area contributed by atoms with Gasteiger partial charge in [0.25, 0.3) is 0 Å². The van der Waals surface area contributed by atoms with Crippen molar-refractivity contribution < 1.29 is 0 Å². The first-order valence-corrected chi connectivity index (χ1v) is 8.61. The van der Waals surface area contributed by atoms with E-state index in [1.165, 1.54) is 0 Å². The minimum Gasteiger partial charge on any atom is -0.153 e. The molecule has 0 spiro atoms. The second-order valence-electron chi connectivity index (χ2n) is 5.66. The number of rotatable bonds is 3. The Balaban J connectivity index is 1.77. The molecule has 4 rings (SSSR count). The van der Waals surface area contributed by atoms with Crippen molar-refractivity contribution in [2.45, 2.75) is 13.8 Å². The first kappa shape index (κ1) is 15.7. The molecule has 0 unspecified atom stereocenters. The number of aryl methyl sites for hydroxylation is 2. The van der Waals surface area contributed by atoms with Crippen LogP contribution < -0.4 is 0 Å². The SMILES string of the molecule is Cc1nn(-c2ccccc2)nc1-c1nn(-c2cccc(Br)c2)nc1C. The van der Waals surface area contributed by atoms with Gasteiger partial charge in [-0.05, 0) is 44.2 Å². The van der Waals surface area contributed by atoms with Crippen LogP contribution in [-0.2, 0) is 0 Å². The fraction of sp³-hybridized carbons (Fsp3) is 0.111. The minimum atomic E-state index is 0.736. The summed E-state index contributed by atoms with van der Waals surface area (Å²) in [6, 6.07) is 17.7. The van der Waals surface area contributed by atoms with Crippen LogP contribution in [0.3, 0.4) is 0 Å². The Bertz CT molecular complexity index is 1030. The predicted molar refractivity (Wildman–Crippen MR) is 98.9 cm³/mol. The van der Waals surface area contributed by atoms with E-state index in [9.17, 15) is 0 Å². The topological polar surface area (TPSA) is 61.4 Å². The highest BCUT2D eigenvalue weighted by atomic mass is 79.9. The monoisotopic (exact) mass is 394 g/mol. The van der Waals surface area contributed by atoms with Crippen LogP contribution in [-0.4, -0.2) is 30.0 Å². The molecule has 6 nitrogen and oxygen atoms in total. The van der Waals surface area contributed by atoms with Gasteiger partial charge in [-0.1, -0.05) is 40.2 Å². The predicted octanol–water partition coefficient (Wildman–Crippen LogP) is 3.89. The quantitative estimate of drug-likeness (QED) is 0.528. The summed E-state index contributed by atoms with van der Waals surface area (Å²) in [4.78, 5) is 3.25. The van der Waals surface area contributed by atoms with E-state index in [-0.39, 0.29) is 0 Å². The van der Waals surface area contributed by atoms with Gasteiger partial charge in [-0.15, -0.1) is 10.2 Å². The lowest BCUT2D eigenvalue weighted by Gasteiger charge is -1.99. The number of benzene rings is 2. The van der Waals surface area contributed by atoms with Crippen LogP contribution in [0.25, 0.3) is 22.8 Å². The van der Waals surface area contributed by atoms with Gasteiger partial charge in [0, 0.05) is 4.47 Å². The van der Waals surface area contributed by atoms with E-state index in [2.05, 4.69) is 36.3 Å². The number of hydrogen-bond donors (Lipinski definition) is 0. The number of hydrogen-bond acceptors (Lipinski definition) is 4. The Morgan fingerprint density at radius 3 is 1.84 bits per heavy atom. The van der Waals surface area contributed by atoms with Crippen LogP contribution >= 0.6 is 15.9 Å². The maximum Gasteiger partial charge on any atom is 0.138 e. The summed E-state index contributed by atoms with van der Waals surface area (Å²) >= 11 is 3.48. The van der Waals surface area contributed by atoms with Crippen LogP contribution in [0.2, 0.25) is 0 Å². The Hall–Kier alpha value is -2.80. The molecule has 0 saturated carbocycles. The van der Waals surface area contributed by atoms with Gasteiger partial charge in [0.2, 0.25) is 0 Å². The molecule has 0 fully saturated rings. The molecule has 4 aromatic rings. The molecular formula is C18H15BrN6. The van der Waals surface area contributed by atoms with E-state index in [1.807, 2.05) is 68.4 Å². The zero-order chi connectivity index (χ0) is 17.4. The third-order valence-corrected chi connectivity index (χ3v) is 4.31. The molecule has 0 radical (unpaired) electrons. The van der Waals surface area contributed by atoms with Gasteiger partial charge in [-0.25, -0.2) is 0 Å². The first-order valence-electron chi connectivity index (χ1n) is 7.81. The molecule has 0 atom stereocenters. The summed E-state index contributed by atoms with van der Waals surface area (Å²) in [5.74, 6) is 0. The number of aromatic nitrogens is 6. The van der Waals surface area contributed by atoms with Crippen molar-refractivity contribution in [2.75, 3.05) is 0 Å². The van der Waals surface area contributed by atoms with Gasteiger partial charge in [0.05, 0.1) is 22.8 Å². The van der Waals surface area contributed by atoms with Crippen molar-refractivity contribution in [3.8, 4) is 22.8 Å². The summed E-state index contributed by atoms with van der Waals surface area (Å²) in [7, 11) is 0. The van der Waals surface area contributed by atoms with Crippen molar-refractivity contribution in [3.63, 3.8) is 0 Å². The highest BCUT2D eigenvalue weighted by molar-refractivity contribution is 9.10. The molecule has 2 aromatic heterocycles. The van der Waals surface area contributed by atoms with E-state index in [4.69, 9.17) is 0 Å². The molecule has 0 aliphatic rings. The fourth-order valence-electron chi connectivity index (χ4n) is 2.59. The molecule has 0 amide bonds. The molecule has 0 aliphatic heterocycles. The zero-order valence-corrected chi connectivity index (χ0v) is 15.3. The molecule has 0 N–H and O–H groups in total. The minimum absolute atomic E-state index is 0.736. The average Bonchev–Trinajstić information content (AvgIpc) is 3.18. The van der Waals surface area contributed by atoms with Crippen LogP contribution in [0.5, 0.6) is 0 Å². The Morgan fingerprint density at radius 2 is 1.24 bits per heavy atom. The summed E-state index contributed by atoms with van der Waals surface area (Å²) in [5.41, 5.74) is 4.89. The van der Waals surface area contributed by atoms with Gasteiger partial charge in [0.15, 0.2) is 0 Å². The molecule has 2 heterocycles. The summed E-state index contributed by atoms with van der Waals surface area (Å²) in [6.07, 6.45) is 0. The van der Waals surface area contributed by atoms with E-state index in [0.717, 1.165) is 38.6 Å². The Morgan fingerprint density at radius 1 is 0.680 bits per heavy atom. The Labute approximate surface area is 153 Å². The molecule has 0 aliphatic carbocycles. The first-order chi connectivity index (χ1) is 12.1. The van der Waals surface area contributed by atoms with Crippen molar-refractivity contribution >= 4 is 15.9 Å².